The van der Waals surface area contributed by atoms with Crippen LogP contribution in [-0.4, -0.2) is 24.2 Å². The van der Waals surface area contributed by atoms with Crippen LogP contribution < -0.4 is 0 Å². The van der Waals surface area contributed by atoms with Crippen molar-refractivity contribution in [2.45, 2.75) is 12.8 Å². The molecule has 0 bridgehead atoms. The fourth-order valence-electron chi connectivity index (χ4n) is 1.88. The molecule has 0 saturated carbocycles. The third kappa shape index (κ3) is 2.78. The lowest BCUT2D eigenvalue weighted by Gasteiger charge is -2.14. The van der Waals surface area contributed by atoms with Crippen LogP contribution in [0.5, 0.6) is 0 Å². The van der Waals surface area contributed by atoms with Gasteiger partial charge in [0, 0.05) is 24.2 Å². The Balaban J connectivity index is 2.16. The van der Waals surface area contributed by atoms with Crippen LogP contribution in [0.25, 0.3) is 4.91 Å². The quantitative estimate of drug-likeness (QED) is 0.766. The van der Waals surface area contributed by atoms with Crippen molar-refractivity contribution in [2.75, 3.05) is 19.3 Å². The van der Waals surface area contributed by atoms with Crippen molar-refractivity contribution in [3.63, 3.8) is 0 Å². The molecule has 1 nitrogen and oxygen atoms in total. The molecule has 1 aliphatic rings. The minimum absolute atomic E-state index is 1.22. The molecule has 0 aromatic heterocycles. The molecule has 1 fully saturated rings. The summed E-state index contributed by atoms with van der Waals surface area (Å²) in [4.78, 5) is 3.80. The SMILES string of the molecule is CS/C(=C\N1CCCC1)c1ccccc1. The molecule has 0 unspecified atom stereocenters. The first-order chi connectivity index (χ1) is 7.40. The highest BCUT2D eigenvalue weighted by Gasteiger charge is 2.09. The molecule has 0 N–H and O–H groups in total. The Morgan fingerprint density at radius 1 is 1.20 bits per heavy atom. The van der Waals surface area contributed by atoms with E-state index in [0.717, 1.165) is 0 Å². The number of nitrogens with zero attached hydrogens (tertiary/aromatic N) is 1. The van der Waals surface area contributed by atoms with Crippen LogP contribution in [-0.2, 0) is 0 Å². The second kappa shape index (κ2) is 5.26. The van der Waals surface area contributed by atoms with Gasteiger partial charge >= 0.3 is 0 Å². The maximum atomic E-state index is 2.43. The second-order valence-electron chi connectivity index (χ2n) is 3.81. The molecular formula is C13H17NS. The van der Waals surface area contributed by atoms with Crippen molar-refractivity contribution in [3.8, 4) is 0 Å². The van der Waals surface area contributed by atoms with E-state index < -0.39 is 0 Å². The van der Waals surface area contributed by atoms with E-state index in [1.165, 1.54) is 36.4 Å². The number of hydrogen-bond acceptors (Lipinski definition) is 2. The minimum Gasteiger partial charge on any atom is -0.376 e. The van der Waals surface area contributed by atoms with Crippen molar-refractivity contribution in [1.82, 2.24) is 4.90 Å². The second-order valence-corrected chi connectivity index (χ2v) is 4.65. The fourth-order valence-corrected chi connectivity index (χ4v) is 2.51. The summed E-state index contributed by atoms with van der Waals surface area (Å²) < 4.78 is 0. The Morgan fingerprint density at radius 2 is 1.87 bits per heavy atom. The van der Waals surface area contributed by atoms with Gasteiger partial charge in [0.2, 0.25) is 0 Å². The predicted octanol–water partition coefficient (Wildman–Crippen LogP) is 3.44. The van der Waals surface area contributed by atoms with Gasteiger partial charge in [-0.05, 0) is 24.7 Å². The first-order valence-corrected chi connectivity index (χ1v) is 6.68. The van der Waals surface area contributed by atoms with Crippen LogP contribution in [0.4, 0.5) is 0 Å². The maximum Gasteiger partial charge on any atom is 0.0301 e. The van der Waals surface area contributed by atoms with Gasteiger partial charge in [-0.15, -0.1) is 11.8 Å². The maximum absolute atomic E-state index is 2.43. The molecule has 80 valence electrons. The zero-order valence-corrected chi connectivity index (χ0v) is 9.96. The van der Waals surface area contributed by atoms with E-state index in [1.807, 2.05) is 11.8 Å². The average molecular weight is 219 g/mol. The monoisotopic (exact) mass is 219 g/mol. The molecule has 1 aliphatic heterocycles. The summed E-state index contributed by atoms with van der Waals surface area (Å²) in [7, 11) is 0. The molecule has 1 saturated heterocycles. The topological polar surface area (TPSA) is 3.24 Å². The summed E-state index contributed by atoms with van der Waals surface area (Å²) in [6.07, 6.45) is 7.14. The molecule has 0 amide bonds. The molecule has 15 heavy (non-hydrogen) atoms. The Morgan fingerprint density at radius 3 is 2.47 bits per heavy atom. The molecule has 2 rings (SSSR count). The highest BCUT2D eigenvalue weighted by atomic mass is 32.2. The molecule has 0 atom stereocenters. The summed E-state index contributed by atoms with van der Waals surface area (Å²) in [5.74, 6) is 0. The van der Waals surface area contributed by atoms with E-state index in [0.29, 0.717) is 0 Å². The minimum atomic E-state index is 1.22. The van der Waals surface area contributed by atoms with E-state index in [2.05, 4.69) is 47.7 Å². The molecular weight excluding hydrogens is 202 g/mol. The predicted molar refractivity (Wildman–Crippen MR) is 68.7 cm³/mol. The van der Waals surface area contributed by atoms with Crippen molar-refractivity contribution < 1.29 is 0 Å². The number of thioether (sulfide) groups is 1. The zero-order chi connectivity index (χ0) is 10.5. The highest BCUT2D eigenvalue weighted by molar-refractivity contribution is 8.07. The first kappa shape index (κ1) is 10.6. The molecule has 1 aromatic carbocycles. The summed E-state index contributed by atoms with van der Waals surface area (Å²) in [6, 6.07) is 10.6. The number of hydrogen-bond donors (Lipinski definition) is 0. The summed E-state index contributed by atoms with van der Waals surface area (Å²) >= 11 is 1.83. The van der Waals surface area contributed by atoms with Gasteiger partial charge in [0.25, 0.3) is 0 Å². The van der Waals surface area contributed by atoms with Gasteiger partial charge in [-0.1, -0.05) is 30.3 Å². The summed E-state index contributed by atoms with van der Waals surface area (Å²) in [6.45, 7) is 2.44. The Labute approximate surface area is 96.2 Å². The van der Waals surface area contributed by atoms with Gasteiger partial charge in [0.15, 0.2) is 0 Å². The van der Waals surface area contributed by atoms with Crippen LogP contribution >= 0.6 is 11.8 Å². The van der Waals surface area contributed by atoms with Crippen LogP contribution in [0, 0.1) is 0 Å². The average Bonchev–Trinajstić information content (AvgIpc) is 2.80. The summed E-state index contributed by atoms with van der Waals surface area (Å²) in [5.41, 5.74) is 1.33. The molecule has 0 aliphatic carbocycles. The molecule has 2 heteroatoms. The Hall–Kier alpha value is -0.890. The van der Waals surface area contributed by atoms with Gasteiger partial charge in [0.1, 0.15) is 0 Å². The smallest absolute Gasteiger partial charge is 0.0301 e. The van der Waals surface area contributed by atoms with Gasteiger partial charge in [-0.3, -0.25) is 0 Å². The third-order valence-corrected chi connectivity index (χ3v) is 3.50. The first-order valence-electron chi connectivity index (χ1n) is 5.45. The number of likely N-dealkylation sites (tertiary alicyclic amines) is 1. The Bertz CT molecular complexity index is 326. The lowest BCUT2D eigenvalue weighted by molar-refractivity contribution is 0.470. The molecule has 0 radical (unpaired) electrons. The third-order valence-electron chi connectivity index (χ3n) is 2.72. The van der Waals surface area contributed by atoms with E-state index in [4.69, 9.17) is 0 Å². The van der Waals surface area contributed by atoms with Crippen molar-refractivity contribution >= 4 is 16.7 Å². The fraction of sp³-hybridized carbons (Fsp3) is 0.385. The van der Waals surface area contributed by atoms with Crippen molar-refractivity contribution in [2.24, 2.45) is 0 Å². The standard InChI is InChI=1S/C13H17NS/c1-15-13(11-14-9-5-6-10-14)12-7-3-2-4-8-12/h2-4,7-8,11H,5-6,9-10H2,1H3/b13-11-. The van der Waals surface area contributed by atoms with Crippen LogP contribution in [0.2, 0.25) is 0 Å². The molecule has 1 heterocycles. The number of rotatable bonds is 3. The molecule has 0 spiro atoms. The zero-order valence-electron chi connectivity index (χ0n) is 9.15. The summed E-state index contributed by atoms with van der Waals surface area (Å²) in [5, 5.41) is 0. The largest absolute Gasteiger partial charge is 0.376 e. The van der Waals surface area contributed by atoms with E-state index in [1.54, 1.807) is 0 Å². The lowest BCUT2D eigenvalue weighted by Crippen LogP contribution is -2.11. The van der Waals surface area contributed by atoms with Gasteiger partial charge in [-0.25, -0.2) is 0 Å². The highest BCUT2D eigenvalue weighted by Crippen LogP contribution is 2.26. The number of benzene rings is 1. The van der Waals surface area contributed by atoms with Crippen LogP contribution in [0.1, 0.15) is 18.4 Å². The van der Waals surface area contributed by atoms with E-state index in [9.17, 15) is 0 Å². The van der Waals surface area contributed by atoms with Gasteiger partial charge in [0.05, 0.1) is 0 Å². The van der Waals surface area contributed by atoms with Gasteiger partial charge in [-0.2, -0.15) is 0 Å². The van der Waals surface area contributed by atoms with E-state index >= 15 is 0 Å². The molecule has 1 aromatic rings. The van der Waals surface area contributed by atoms with Crippen LogP contribution in [0.3, 0.4) is 0 Å². The lowest BCUT2D eigenvalue weighted by atomic mass is 10.2. The van der Waals surface area contributed by atoms with Crippen LogP contribution in [0.15, 0.2) is 36.5 Å². The van der Waals surface area contributed by atoms with Crippen molar-refractivity contribution in [1.29, 1.82) is 0 Å². The normalized spacial score (nSPS) is 17.1. The Kier molecular flexibility index (Phi) is 3.73. The van der Waals surface area contributed by atoms with Crippen molar-refractivity contribution in [3.05, 3.63) is 42.1 Å². The van der Waals surface area contributed by atoms with Gasteiger partial charge < -0.3 is 4.90 Å². The van der Waals surface area contributed by atoms with E-state index in [-0.39, 0.29) is 0 Å².